The summed E-state index contributed by atoms with van der Waals surface area (Å²) < 4.78 is 10.1. The zero-order chi connectivity index (χ0) is 12.0. The topological polar surface area (TPSA) is 56.8 Å². The Bertz CT molecular complexity index is 380. The highest BCUT2D eigenvalue weighted by atomic mass is 35.5. The Kier molecular flexibility index (Phi) is 5.08. The number of hydrogen-bond acceptors (Lipinski definition) is 3. The Hall–Kier alpha value is -1.26. The van der Waals surface area contributed by atoms with E-state index in [0.717, 1.165) is 5.56 Å². The summed E-state index contributed by atoms with van der Waals surface area (Å²) in [6.45, 7) is 1.06. The summed E-state index contributed by atoms with van der Waals surface area (Å²) in [6, 6.07) is 5.24. The van der Waals surface area contributed by atoms with E-state index in [1.807, 2.05) is 0 Å². The van der Waals surface area contributed by atoms with Crippen LogP contribution in [0, 0.1) is 0 Å². The molecule has 0 aliphatic rings. The lowest BCUT2D eigenvalue weighted by Gasteiger charge is -2.08. The van der Waals surface area contributed by atoms with Crippen LogP contribution in [-0.2, 0) is 4.74 Å². The van der Waals surface area contributed by atoms with E-state index in [9.17, 15) is 0 Å². The highest BCUT2D eigenvalue weighted by molar-refractivity contribution is 6.30. The monoisotopic (exact) mass is 242 g/mol. The molecule has 0 aromatic heterocycles. The van der Waals surface area contributed by atoms with E-state index in [0.29, 0.717) is 29.8 Å². The Balaban J connectivity index is 2.89. The number of halogens is 1. The van der Waals surface area contributed by atoms with Gasteiger partial charge in [-0.3, -0.25) is 4.99 Å². The third-order valence-corrected chi connectivity index (χ3v) is 2.25. The number of amidine groups is 1. The molecule has 0 aliphatic heterocycles. The van der Waals surface area contributed by atoms with Crippen molar-refractivity contribution in [1.29, 1.82) is 0 Å². The minimum atomic E-state index is 0.422. The van der Waals surface area contributed by atoms with Gasteiger partial charge in [0.05, 0.1) is 25.8 Å². The summed E-state index contributed by atoms with van der Waals surface area (Å²) in [6.07, 6.45) is 0. The average Bonchev–Trinajstić information content (AvgIpc) is 2.29. The summed E-state index contributed by atoms with van der Waals surface area (Å²) in [5.74, 6) is 1.04. The highest BCUT2D eigenvalue weighted by Gasteiger charge is 2.07. The van der Waals surface area contributed by atoms with E-state index in [4.69, 9.17) is 26.8 Å². The van der Waals surface area contributed by atoms with Crippen molar-refractivity contribution in [3.63, 3.8) is 0 Å². The fraction of sp³-hybridized carbons (Fsp3) is 0.364. The number of nitrogens with two attached hydrogens (primary N) is 1. The summed E-state index contributed by atoms with van der Waals surface area (Å²) in [5, 5.41) is 0.602. The van der Waals surface area contributed by atoms with Gasteiger partial charge in [-0.1, -0.05) is 11.6 Å². The predicted molar refractivity (Wildman–Crippen MR) is 65.5 cm³/mol. The second-order valence-corrected chi connectivity index (χ2v) is 3.54. The molecule has 1 aromatic rings. The highest BCUT2D eigenvalue weighted by Crippen LogP contribution is 2.22. The zero-order valence-corrected chi connectivity index (χ0v) is 10.1. The minimum Gasteiger partial charge on any atom is -0.496 e. The molecule has 88 valence electrons. The van der Waals surface area contributed by atoms with E-state index < -0.39 is 0 Å². The molecule has 0 aliphatic carbocycles. The van der Waals surface area contributed by atoms with E-state index in [2.05, 4.69) is 4.99 Å². The van der Waals surface area contributed by atoms with Gasteiger partial charge < -0.3 is 15.2 Å². The molecule has 0 spiro atoms. The maximum atomic E-state index is 5.85. The molecule has 0 fully saturated rings. The van der Waals surface area contributed by atoms with Gasteiger partial charge in [-0.25, -0.2) is 0 Å². The summed E-state index contributed by atoms with van der Waals surface area (Å²) in [4.78, 5) is 4.17. The molecule has 0 saturated heterocycles. The van der Waals surface area contributed by atoms with Crippen molar-refractivity contribution in [1.82, 2.24) is 0 Å². The number of rotatable bonds is 5. The molecular formula is C11H15ClN2O2. The van der Waals surface area contributed by atoms with Crippen LogP contribution in [-0.4, -0.2) is 33.2 Å². The standard InChI is InChI=1S/C11H15ClN2O2/c1-15-6-5-14-11(13)9-4-3-8(12)7-10(9)16-2/h3-4,7H,5-6H2,1-2H3,(H2,13,14). The molecule has 0 saturated carbocycles. The lowest BCUT2D eigenvalue weighted by molar-refractivity contribution is 0.208. The zero-order valence-electron chi connectivity index (χ0n) is 9.37. The lowest BCUT2D eigenvalue weighted by Crippen LogP contribution is -2.16. The van der Waals surface area contributed by atoms with E-state index in [1.165, 1.54) is 0 Å². The molecule has 0 amide bonds. The van der Waals surface area contributed by atoms with Gasteiger partial charge >= 0.3 is 0 Å². The van der Waals surface area contributed by atoms with Crippen LogP contribution in [0.3, 0.4) is 0 Å². The van der Waals surface area contributed by atoms with Crippen molar-refractivity contribution in [3.8, 4) is 5.75 Å². The molecule has 0 unspecified atom stereocenters. The van der Waals surface area contributed by atoms with Crippen molar-refractivity contribution >= 4 is 17.4 Å². The minimum absolute atomic E-state index is 0.422. The number of hydrogen-bond donors (Lipinski definition) is 1. The van der Waals surface area contributed by atoms with Crippen molar-refractivity contribution < 1.29 is 9.47 Å². The maximum absolute atomic E-state index is 5.85. The number of aliphatic imine (C=N–C) groups is 1. The second-order valence-electron chi connectivity index (χ2n) is 3.10. The third-order valence-electron chi connectivity index (χ3n) is 2.02. The Morgan fingerprint density at radius 3 is 2.81 bits per heavy atom. The quantitative estimate of drug-likeness (QED) is 0.486. The first-order valence-corrected chi connectivity index (χ1v) is 5.19. The molecule has 4 nitrogen and oxygen atoms in total. The molecule has 1 aromatic carbocycles. The van der Waals surface area contributed by atoms with Crippen molar-refractivity contribution in [2.45, 2.75) is 0 Å². The Morgan fingerprint density at radius 1 is 1.44 bits per heavy atom. The molecule has 0 heterocycles. The second kappa shape index (κ2) is 6.35. The van der Waals surface area contributed by atoms with Crippen LogP contribution < -0.4 is 10.5 Å². The van der Waals surface area contributed by atoms with Crippen LogP contribution in [0.25, 0.3) is 0 Å². The molecule has 5 heteroatoms. The van der Waals surface area contributed by atoms with Crippen LogP contribution in [0.2, 0.25) is 5.02 Å². The van der Waals surface area contributed by atoms with Gasteiger partial charge in [0.25, 0.3) is 0 Å². The van der Waals surface area contributed by atoms with E-state index >= 15 is 0 Å². The van der Waals surface area contributed by atoms with Gasteiger partial charge in [0.1, 0.15) is 11.6 Å². The summed E-state index contributed by atoms with van der Waals surface area (Å²) in [5.41, 5.74) is 6.57. The van der Waals surface area contributed by atoms with Crippen LogP contribution in [0.15, 0.2) is 23.2 Å². The van der Waals surface area contributed by atoms with Crippen LogP contribution in [0.1, 0.15) is 5.56 Å². The van der Waals surface area contributed by atoms with Crippen LogP contribution in [0.4, 0.5) is 0 Å². The molecule has 0 atom stereocenters. The van der Waals surface area contributed by atoms with Crippen molar-refractivity contribution in [2.24, 2.45) is 10.7 Å². The lowest BCUT2D eigenvalue weighted by atomic mass is 10.2. The first-order chi connectivity index (χ1) is 7.69. The van der Waals surface area contributed by atoms with Crippen LogP contribution >= 0.6 is 11.6 Å². The molecule has 1 rings (SSSR count). The number of methoxy groups -OCH3 is 2. The van der Waals surface area contributed by atoms with Gasteiger partial charge in [0.15, 0.2) is 0 Å². The van der Waals surface area contributed by atoms with Crippen molar-refractivity contribution in [2.75, 3.05) is 27.4 Å². The molecule has 0 bridgehead atoms. The van der Waals surface area contributed by atoms with Gasteiger partial charge in [-0.2, -0.15) is 0 Å². The largest absolute Gasteiger partial charge is 0.496 e. The first kappa shape index (κ1) is 12.8. The molecule has 16 heavy (non-hydrogen) atoms. The molecular weight excluding hydrogens is 228 g/mol. The fourth-order valence-electron chi connectivity index (χ4n) is 1.22. The Morgan fingerprint density at radius 2 is 2.19 bits per heavy atom. The molecule has 2 N–H and O–H groups in total. The van der Waals surface area contributed by atoms with E-state index in [1.54, 1.807) is 32.4 Å². The fourth-order valence-corrected chi connectivity index (χ4v) is 1.38. The Labute approximate surface area is 100 Å². The van der Waals surface area contributed by atoms with Gasteiger partial charge in [-0.05, 0) is 18.2 Å². The maximum Gasteiger partial charge on any atom is 0.131 e. The molecule has 0 radical (unpaired) electrons. The average molecular weight is 243 g/mol. The van der Waals surface area contributed by atoms with Gasteiger partial charge in [-0.15, -0.1) is 0 Å². The number of ether oxygens (including phenoxy) is 2. The number of benzene rings is 1. The SMILES string of the molecule is COCCN=C(N)c1ccc(Cl)cc1OC. The normalized spacial score (nSPS) is 11.6. The summed E-state index contributed by atoms with van der Waals surface area (Å²) in [7, 11) is 3.19. The van der Waals surface area contributed by atoms with Crippen LogP contribution in [0.5, 0.6) is 5.75 Å². The predicted octanol–water partition coefficient (Wildman–Crippen LogP) is 1.70. The van der Waals surface area contributed by atoms with Gasteiger partial charge in [0.2, 0.25) is 0 Å². The van der Waals surface area contributed by atoms with Gasteiger partial charge in [0, 0.05) is 12.1 Å². The number of nitrogens with zero attached hydrogens (tertiary/aromatic N) is 1. The van der Waals surface area contributed by atoms with E-state index in [-0.39, 0.29) is 0 Å². The summed E-state index contributed by atoms with van der Waals surface area (Å²) >= 11 is 5.85. The third kappa shape index (κ3) is 3.40. The first-order valence-electron chi connectivity index (χ1n) is 4.81. The smallest absolute Gasteiger partial charge is 0.131 e. The van der Waals surface area contributed by atoms with Crippen molar-refractivity contribution in [3.05, 3.63) is 28.8 Å².